The Balaban J connectivity index is 4.42. The van der Waals surface area contributed by atoms with Crippen LogP contribution in [0.25, 0.3) is 0 Å². The van der Waals surface area contributed by atoms with Crippen LogP contribution in [0.15, 0.2) is 0 Å². The maximum absolute atomic E-state index is 12.0. The molecule has 0 spiro atoms. The molecule has 0 aliphatic heterocycles. The van der Waals surface area contributed by atoms with Gasteiger partial charge in [-0.05, 0) is 5.92 Å². The molecular formula is C9H15F3N2O2. The van der Waals surface area contributed by atoms with Gasteiger partial charge in [0.15, 0.2) is 0 Å². The summed E-state index contributed by atoms with van der Waals surface area (Å²) in [6.07, 6.45) is -4.98. The topological polar surface area (TPSA) is 49.4 Å². The minimum atomic E-state index is -4.98. The van der Waals surface area contributed by atoms with E-state index in [1.54, 1.807) is 20.8 Å². The molecule has 0 heterocycles. The first-order valence-corrected chi connectivity index (χ1v) is 4.72. The summed E-state index contributed by atoms with van der Waals surface area (Å²) in [5, 5.41) is 0.154. The SMILES string of the molecule is CC(C)C(C)C(=O)NN(C)C(=O)C(F)(F)F. The molecule has 1 unspecified atom stereocenters. The van der Waals surface area contributed by atoms with E-state index in [9.17, 15) is 22.8 Å². The second kappa shape index (κ2) is 5.18. The molecule has 0 radical (unpaired) electrons. The Hall–Kier alpha value is -1.27. The average Bonchev–Trinajstić information content (AvgIpc) is 2.13. The molecule has 0 saturated carbocycles. The Morgan fingerprint density at radius 1 is 1.19 bits per heavy atom. The summed E-state index contributed by atoms with van der Waals surface area (Å²) in [4.78, 5) is 22.0. The molecule has 0 aliphatic rings. The second-order valence-electron chi connectivity index (χ2n) is 3.87. The molecule has 1 N–H and O–H groups in total. The minimum absolute atomic E-state index is 0.0191. The number of halogens is 3. The van der Waals surface area contributed by atoms with Crippen LogP contribution in [0.1, 0.15) is 20.8 Å². The van der Waals surface area contributed by atoms with Crippen molar-refractivity contribution in [3.05, 3.63) is 0 Å². The molecule has 4 nitrogen and oxygen atoms in total. The van der Waals surface area contributed by atoms with Crippen LogP contribution in [0.4, 0.5) is 13.2 Å². The first kappa shape index (κ1) is 14.7. The molecule has 1 atom stereocenters. The Morgan fingerprint density at radius 2 is 1.62 bits per heavy atom. The third-order valence-electron chi connectivity index (χ3n) is 2.24. The number of alkyl halides is 3. The number of nitrogens with zero attached hydrogens (tertiary/aromatic N) is 1. The normalized spacial score (nSPS) is 13.5. The third-order valence-corrected chi connectivity index (χ3v) is 2.24. The van der Waals surface area contributed by atoms with Crippen molar-refractivity contribution in [2.75, 3.05) is 7.05 Å². The highest BCUT2D eigenvalue weighted by molar-refractivity contribution is 5.85. The zero-order valence-electron chi connectivity index (χ0n) is 9.55. The van der Waals surface area contributed by atoms with Gasteiger partial charge in [-0.25, -0.2) is 5.01 Å². The number of hydrogen-bond donors (Lipinski definition) is 1. The van der Waals surface area contributed by atoms with E-state index in [2.05, 4.69) is 0 Å². The van der Waals surface area contributed by atoms with E-state index in [4.69, 9.17) is 0 Å². The molecule has 7 heteroatoms. The minimum Gasteiger partial charge on any atom is -0.273 e. The van der Waals surface area contributed by atoms with Crippen LogP contribution >= 0.6 is 0 Å². The smallest absolute Gasteiger partial charge is 0.273 e. The van der Waals surface area contributed by atoms with Gasteiger partial charge in [0.05, 0.1) is 0 Å². The standard InChI is InChI=1S/C9H15F3N2O2/c1-5(2)6(3)7(15)13-14(4)8(16)9(10,11)12/h5-6H,1-4H3,(H,13,15). The van der Waals surface area contributed by atoms with Crippen molar-refractivity contribution in [2.45, 2.75) is 26.9 Å². The molecule has 16 heavy (non-hydrogen) atoms. The van der Waals surface area contributed by atoms with Gasteiger partial charge in [-0.2, -0.15) is 13.2 Å². The molecule has 2 amide bonds. The Morgan fingerprint density at radius 3 is 1.94 bits per heavy atom. The lowest BCUT2D eigenvalue weighted by Crippen LogP contribution is -2.50. The van der Waals surface area contributed by atoms with E-state index in [0.717, 1.165) is 7.05 Å². The predicted octanol–water partition coefficient (Wildman–Crippen LogP) is 1.33. The van der Waals surface area contributed by atoms with Crippen LogP contribution < -0.4 is 5.43 Å². The Labute approximate surface area is 91.8 Å². The van der Waals surface area contributed by atoms with Crippen LogP contribution in [0.5, 0.6) is 0 Å². The average molecular weight is 240 g/mol. The highest BCUT2D eigenvalue weighted by Gasteiger charge is 2.42. The van der Waals surface area contributed by atoms with Gasteiger partial charge in [-0.3, -0.25) is 15.0 Å². The van der Waals surface area contributed by atoms with E-state index in [1.165, 1.54) is 0 Å². The summed E-state index contributed by atoms with van der Waals surface area (Å²) in [5.74, 6) is -3.20. The first-order valence-electron chi connectivity index (χ1n) is 4.72. The van der Waals surface area contributed by atoms with Gasteiger partial charge < -0.3 is 0 Å². The zero-order valence-corrected chi connectivity index (χ0v) is 9.55. The van der Waals surface area contributed by atoms with Crippen LogP contribution in [-0.2, 0) is 9.59 Å². The molecule has 0 bridgehead atoms. The largest absolute Gasteiger partial charge is 0.473 e. The third kappa shape index (κ3) is 4.08. The van der Waals surface area contributed by atoms with Crippen molar-refractivity contribution in [3.8, 4) is 0 Å². The molecular weight excluding hydrogens is 225 g/mol. The highest BCUT2D eigenvalue weighted by Crippen LogP contribution is 2.17. The number of carbonyl (C=O) groups is 2. The van der Waals surface area contributed by atoms with Crippen molar-refractivity contribution in [1.29, 1.82) is 0 Å². The van der Waals surface area contributed by atoms with Gasteiger partial charge in [0, 0.05) is 13.0 Å². The molecule has 0 aliphatic carbocycles. The molecule has 0 aromatic heterocycles. The van der Waals surface area contributed by atoms with Gasteiger partial charge in [-0.1, -0.05) is 20.8 Å². The van der Waals surface area contributed by atoms with E-state index in [1.807, 2.05) is 5.43 Å². The fraction of sp³-hybridized carbons (Fsp3) is 0.778. The van der Waals surface area contributed by atoms with E-state index < -0.39 is 23.9 Å². The highest BCUT2D eigenvalue weighted by atomic mass is 19.4. The number of rotatable bonds is 2. The van der Waals surface area contributed by atoms with Gasteiger partial charge >= 0.3 is 12.1 Å². The van der Waals surface area contributed by atoms with Crippen LogP contribution in [0.2, 0.25) is 0 Å². The van der Waals surface area contributed by atoms with Gasteiger partial charge in [0.25, 0.3) is 0 Å². The van der Waals surface area contributed by atoms with Gasteiger partial charge in [0.1, 0.15) is 0 Å². The number of hydrazine groups is 1. The van der Waals surface area contributed by atoms with Crippen molar-refractivity contribution in [2.24, 2.45) is 11.8 Å². The summed E-state index contributed by atoms with van der Waals surface area (Å²) in [6.45, 7) is 5.09. The van der Waals surface area contributed by atoms with Crippen molar-refractivity contribution in [1.82, 2.24) is 10.4 Å². The molecule has 0 aromatic carbocycles. The number of carbonyl (C=O) groups excluding carboxylic acids is 2. The van der Waals surface area contributed by atoms with E-state index in [-0.39, 0.29) is 10.9 Å². The summed E-state index contributed by atoms with van der Waals surface area (Å²) < 4.78 is 35.9. The van der Waals surface area contributed by atoms with Crippen LogP contribution in [-0.4, -0.2) is 30.0 Å². The number of amides is 2. The maximum atomic E-state index is 12.0. The fourth-order valence-corrected chi connectivity index (χ4v) is 0.811. The summed E-state index contributed by atoms with van der Waals surface area (Å²) in [7, 11) is 0.862. The molecule has 0 saturated heterocycles. The van der Waals surface area contributed by atoms with Crippen LogP contribution in [0.3, 0.4) is 0 Å². The van der Waals surface area contributed by atoms with Crippen molar-refractivity contribution < 1.29 is 22.8 Å². The van der Waals surface area contributed by atoms with Gasteiger partial charge in [0.2, 0.25) is 5.91 Å². The monoisotopic (exact) mass is 240 g/mol. The van der Waals surface area contributed by atoms with Crippen molar-refractivity contribution >= 4 is 11.8 Å². The zero-order chi connectivity index (χ0) is 13.1. The number of nitrogens with one attached hydrogen (secondary N) is 1. The fourth-order valence-electron chi connectivity index (χ4n) is 0.811. The molecule has 94 valence electrons. The second-order valence-corrected chi connectivity index (χ2v) is 3.87. The summed E-state index contributed by atoms with van der Waals surface area (Å²) >= 11 is 0. The molecule has 0 fully saturated rings. The first-order chi connectivity index (χ1) is 7.07. The van der Waals surface area contributed by atoms with Crippen LogP contribution in [0, 0.1) is 11.8 Å². The molecule has 0 rings (SSSR count). The van der Waals surface area contributed by atoms with E-state index >= 15 is 0 Å². The lowest BCUT2D eigenvalue weighted by Gasteiger charge is -2.22. The predicted molar refractivity (Wildman–Crippen MR) is 51.0 cm³/mol. The number of hydrogen-bond acceptors (Lipinski definition) is 2. The van der Waals surface area contributed by atoms with Gasteiger partial charge in [-0.15, -0.1) is 0 Å². The maximum Gasteiger partial charge on any atom is 0.473 e. The Bertz CT molecular complexity index is 276. The lowest BCUT2D eigenvalue weighted by molar-refractivity contribution is -0.188. The molecule has 0 aromatic rings. The van der Waals surface area contributed by atoms with E-state index in [0.29, 0.717) is 0 Å². The lowest BCUT2D eigenvalue weighted by atomic mass is 9.98. The summed E-state index contributed by atoms with van der Waals surface area (Å²) in [5.41, 5.74) is 1.89. The summed E-state index contributed by atoms with van der Waals surface area (Å²) in [6, 6.07) is 0. The Kier molecular flexibility index (Phi) is 4.77. The van der Waals surface area contributed by atoms with Crippen molar-refractivity contribution in [3.63, 3.8) is 0 Å². The quantitative estimate of drug-likeness (QED) is 0.740.